The van der Waals surface area contributed by atoms with E-state index in [1.165, 1.54) is 11.6 Å². The lowest BCUT2D eigenvalue weighted by Gasteiger charge is -2.10. The smallest absolute Gasteiger partial charge is 0.124 e. The Balaban J connectivity index is 3.11. The Bertz CT molecular complexity index is 269. The van der Waals surface area contributed by atoms with Gasteiger partial charge in [0.25, 0.3) is 0 Å². The molecule has 0 amide bonds. The summed E-state index contributed by atoms with van der Waals surface area (Å²) in [5, 5.41) is 0. The van der Waals surface area contributed by atoms with Gasteiger partial charge in [-0.1, -0.05) is 19.9 Å². The summed E-state index contributed by atoms with van der Waals surface area (Å²) in [4.78, 5) is 1.05. The van der Waals surface area contributed by atoms with Crippen LogP contribution in [0.3, 0.4) is 0 Å². The molecule has 0 N–H and O–H groups in total. The number of thioether (sulfide) groups is 1. The Hall–Kier alpha value is -0.500. The van der Waals surface area contributed by atoms with Crippen LogP contribution >= 0.6 is 11.8 Å². The summed E-state index contributed by atoms with van der Waals surface area (Å²) in [6, 6.07) is 4.99. The van der Waals surface area contributed by atoms with Gasteiger partial charge in [-0.2, -0.15) is 0 Å². The fourth-order valence-electron chi connectivity index (χ4n) is 1.16. The van der Waals surface area contributed by atoms with Crippen molar-refractivity contribution in [2.45, 2.75) is 24.7 Å². The van der Waals surface area contributed by atoms with Crippen LogP contribution in [0.5, 0.6) is 0 Å². The van der Waals surface area contributed by atoms with Crippen molar-refractivity contribution in [1.82, 2.24) is 0 Å². The lowest BCUT2D eigenvalue weighted by Crippen LogP contribution is -1.91. The molecule has 1 aromatic rings. The van der Waals surface area contributed by atoms with Crippen molar-refractivity contribution >= 4 is 11.8 Å². The summed E-state index contributed by atoms with van der Waals surface area (Å²) < 4.78 is 12.8. The molecule has 1 aromatic carbocycles. The third-order valence-electron chi connectivity index (χ3n) is 1.82. The minimum absolute atomic E-state index is 0.149. The number of rotatable bonds is 2. The van der Waals surface area contributed by atoms with Crippen molar-refractivity contribution in [2.75, 3.05) is 6.26 Å². The zero-order chi connectivity index (χ0) is 9.14. The first-order chi connectivity index (χ1) is 5.65. The van der Waals surface area contributed by atoms with E-state index >= 15 is 0 Å². The lowest BCUT2D eigenvalue weighted by molar-refractivity contribution is 0.621. The molecule has 0 unspecified atom stereocenters. The van der Waals surface area contributed by atoms with Crippen LogP contribution in [0, 0.1) is 5.82 Å². The molecule has 0 fully saturated rings. The Labute approximate surface area is 77.2 Å². The molecule has 0 aliphatic carbocycles. The third-order valence-corrected chi connectivity index (χ3v) is 2.61. The molecule has 0 aliphatic rings. The molecule has 0 aliphatic heterocycles. The fraction of sp³-hybridized carbons (Fsp3) is 0.400. The molecule has 0 atom stereocenters. The van der Waals surface area contributed by atoms with Gasteiger partial charge in [0.15, 0.2) is 0 Å². The summed E-state index contributed by atoms with van der Waals surface area (Å²) in [5.74, 6) is 0.316. The van der Waals surface area contributed by atoms with Crippen molar-refractivity contribution in [1.29, 1.82) is 0 Å². The van der Waals surface area contributed by atoms with Gasteiger partial charge in [-0.05, 0) is 29.9 Å². The van der Waals surface area contributed by atoms with E-state index in [-0.39, 0.29) is 5.82 Å². The largest absolute Gasteiger partial charge is 0.207 e. The maximum absolute atomic E-state index is 12.8. The van der Waals surface area contributed by atoms with Crippen molar-refractivity contribution in [3.8, 4) is 0 Å². The minimum Gasteiger partial charge on any atom is -0.207 e. The quantitative estimate of drug-likeness (QED) is 0.632. The normalized spacial score (nSPS) is 10.8. The summed E-state index contributed by atoms with van der Waals surface area (Å²) in [7, 11) is 0. The van der Waals surface area contributed by atoms with Gasteiger partial charge in [0.2, 0.25) is 0 Å². The summed E-state index contributed by atoms with van der Waals surface area (Å²) in [5.41, 5.74) is 1.23. The van der Waals surface area contributed by atoms with Gasteiger partial charge in [-0.3, -0.25) is 0 Å². The van der Waals surface area contributed by atoms with Crippen LogP contribution in [0.2, 0.25) is 0 Å². The molecule has 0 saturated carbocycles. The zero-order valence-electron chi connectivity index (χ0n) is 7.60. The van der Waals surface area contributed by atoms with Gasteiger partial charge in [-0.25, -0.2) is 4.39 Å². The van der Waals surface area contributed by atoms with Crippen molar-refractivity contribution < 1.29 is 4.39 Å². The number of halogens is 1. The molecule has 12 heavy (non-hydrogen) atoms. The molecule has 0 heterocycles. The van der Waals surface area contributed by atoms with Crippen LogP contribution in [0.1, 0.15) is 25.3 Å². The standard InChI is InChI=1S/C10H13FS/c1-7(2)9-5-4-8(11)6-10(9)12-3/h4-7H,1-3H3. The first-order valence-corrected chi connectivity index (χ1v) is 5.21. The highest BCUT2D eigenvalue weighted by Gasteiger charge is 2.05. The van der Waals surface area contributed by atoms with Gasteiger partial charge in [0, 0.05) is 4.90 Å². The highest BCUT2D eigenvalue weighted by atomic mass is 32.2. The molecule has 2 heteroatoms. The Kier molecular flexibility index (Phi) is 3.15. The van der Waals surface area contributed by atoms with E-state index in [2.05, 4.69) is 13.8 Å². The topological polar surface area (TPSA) is 0 Å². The molecule has 1 rings (SSSR count). The van der Waals surface area contributed by atoms with Crippen LogP contribution in [-0.2, 0) is 0 Å². The highest BCUT2D eigenvalue weighted by molar-refractivity contribution is 7.98. The first-order valence-electron chi connectivity index (χ1n) is 3.98. The van der Waals surface area contributed by atoms with Gasteiger partial charge < -0.3 is 0 Å². The maximum Gasteiger partial charge on any atom is 0.124 e. The van der Waals surface area contributed by atoms with Crippen LogP contribution < -0.4 is 0 Å². The summed E-state index contributed by atoms with van der Waals surface area (Å²) in [6.45, 7) is 4.24. The van der Waals surface area contributed by atoms with E-state index in [4.69, 9.17) is 0 Å². The Morgan fingerprint density at radius 1 is 1.33 bits per heavy atom. The molecular weight excluding hydrogens is 171 g/mol. The molecule has 0 aromatic heterocycles. The molecular formula is C10H13FS. The van der Waals surface area contributed by atoms with Crippen molar-refractivity contribution in [3.05, 3.63) is 29.6 Å². The Morgan fingerprint density at radius 2 is 2.00 bits per heavy atom. The van der Waals surface area contributed by atoms with Gasteiger partial charge >= 0.3 is 0 Å². The summed E-state index contributed by atoms with van der Waals surface area (Å²) >= 11 is 1.60. The van der Waals surface area contributed by atoms with E-state index in [0.29, 0.717) is 5.92 Å². The van der Waals surface area contributed by atoms with Gasteiger partial charge in [0.05, 0.1) is 0 Å². The molecule has 0 nitrogen and oxygen atoms in total. The Morgan fingerprint density at radius 3 is 2.50 bits per heavy atom. The average molecular weight is 184 g/mol. The predicted molar refractivity (Wildman–Crippen MR) is 52.3 cm³/mol. The molecule has 66 valence electrons. The number of benzene rings is 1. The highest BCUT2D eigenvalue weighted by Crippen LogP contribution is 2.27. The second-order valence-electron chi connectivity index (χ2n) is 3.04. The van der Waals surface area contributed by atoms with E-state index < -0.39 is 0 Å². The van der Waals surface area contributed by atoms with Gasteiger partial charge in [-0.15, -0.1) is 11.8 Å². The minimum atomic E-state index is -0.149. The predicted octanol–water partition coefficient (Wildman–Crippen LogP) is 3.67. The maximum atomic E-state index is 12.8. The lowest BCUT2D eigenvalue weighted by atomic mass is 10.0. The first kappa shape index (κ1) is 9.59. The van der Waals surface area contributed by atoms with Crippen LogP contribution in [0.4, 0.5) is 4.39 Å². The van der Waals surface area contributed by atoms with Crippen LogP contribution in [0.25, 0.3) is 0 Å². The monoisotopic (exact) mass is 184 g/mol. The van der Waals surface area contributed by atoms with Crippen molar-refractivity contribution in [2.24, 2.45) is 0 Å². The zero-order valence-corrected chi connectivity index (χ0v) is 8.41. The summed E-state index contributed by atoms with van der Waals surface area (Å²) in [6.07, 6.45) is 1.97. The molecule has 0 saturated heterocycles. The number of hydrogen-bond donors (Lipinski definition) is 0. The average Bonchev–Trinajstić information content (AvgIpc) is 2.03. The third kappa shape index (κ3) is 2.01. The molecule has 0 spiro atoms. The SMILES string of the molecule is CSc1cc(F)ccc1C(C)C. The van der Waals surface area contributed by atoms with Crippen LogP contribution in [0.15, 0.2) is 23.1 Å². The van der Waals surface area contributed by atoms with E-state index in [1.54, 1.807) is 17.8 Å². The van der Waals surface area contributed by atoms with Crippen LogP contribution in [-0.4, -0.2) is 6.26 Å². The van der Waals surface area contributed by atoms with Gasteiger partial charge in [0.1, 0.15) is 5.82 Å². The van der Waals surface area contributed by atoms with Crippen molar-refractivity contribution in [3.63, 3.8) is 0 Å². The second-order valence-corrected chi connectivity index (χ2v) is 3.89. The second kappa shape index (κ2) is 3.94. The fourth-order valence-corrected chi connectivity index (χ4v) is 1.93. The molecule has 0 radical (unpaired) electrons. The van der Waals surface area contributed by atoms with E-state index in [9.17, 15) is 4.39 Å². The van der Waals surface area contributed by atoms with E-state index in [1.807, 2.05) is 12.3 Å². The van der Waals surface area contributed by atoms with E-state index in [0.717, 1.165) is 4.90 Å². The molecule has 0 bridgehead atoms. The number of hydrogen-bond acceptors (Lipinski definition) is 1.